The first-order valence-electron chi connectivity index (χ1n) is 7.97. The summed E-state index contributed by atoms with van der Waals surface area (Å²) in [4.78, 5) is 16.8. The standard InChI is InChI=1S/C17H19Cl2N3O2S/c1-10-14(16(23)22-5-7-24-8-6-22)15(20-17(25)21(10)2)12-4-3-11(18)9-13(12)19/h3-4,9,15H,5-8H2,1-2H3,(H,20,25)/t15-/m1/s1. The summed E-state index contributed by atoms with van der Waals surface area (Å²) < 4.78 is 5.35. The molecule has 1 amide bonds. The minimum atomic E-state index is -0.413. The molecule has 1 aromatic carbocycles. The van der Waals surface area contributed by atoms with Gasteiger partial charge in [0.05, 0.1) is 24.8 Å². The van der Waals surface area contributed by atoms with Gasteiger partial charge in [-0.05, 0) is 36.8 Å². The van der Waals surface area contributed by atoms with Gasteiger partial charge in [0.1, 0.15) is 0 Å². The molecule has 0 radical (unpaired) electrons. The zero-order chi connectivity index (χ0) is 18.1. The van der Waals surface area contributed by atoms with E-state index in [9.17, 15) is 4.79 Å². The normalized spacial score (nSPS) is 21.4. The summed E-state index contributed by atoms with van der Waals surface area (Å²) in [6.45, 7) is 4.14. The largest absolute Gasteiger partial charge is 0.378 e. The Bertz CT molecular complexity index is 747. The number of ether oxygens (including phenoxy) is 1. The molecule has 0 bridgehead atoms. The Morgan fingerprint density at radius 1 is 1.32 bits per heavy atom. The highest BCUT2D eigenvalue weighted by atomic mass is 35.5. The Morgan fingerprint density at radius 3 is 2.64 bits per heavy atom. The number of nitrogens with zero attached hydrogens (tertiary/aromatic N) is 2. The van der Waals surface area contributed by atoms with Crippen molar-refractivity contribution in [3.05, 3.63) is 45.1 Å². The topological polar surface area (TPSA) is 44.8 Å². The maximum Gasteiger partial charge on any atom is 0.254 e. The molecular formula is C17H19Cl2N3O2S. The summed E-state index contributed by atoms with van der Waals surface area (Å²) in [7, 11) is 1.84. The van der Waals surface area contributed by atoms with Crippen molar-refractivity contribution in [2.45, 2.75) is 13.0 Å². The van der Waals surface area contributed by atoms with Gasteiger partial charge in [-0.3, -0.25) is 4.79 Å². The van der Waals surface area contributed by atoms with Gasteiger partial charge in [0, 0.05) is 35.9 Å². The van der Waals surface area contributed by atoms with Crippen molar-refractivity contribution >= 4 is 46.4 Å². The number of amides is 1. The van der Waals surface area contributed by atoms with E-state index in [0.29, 0.717) is 47.0 Å². The summed E-state index contributed by atoms with van der Waals surface area (Å²) >= 11 is 17.8. The second kappa shape index (κ2) is 7.50. The fraction of sp³-hybridized carbons (Fsp3) is 0.412. The number of thiocarbonyl (C=S) groups is 1. The quantitative estimate of drug-likeness (QED) is 0.774. The molecule has 1 fully saturated rings. The predicted octanol–water partition coefficient (Wildman–Crippen LogP) is 2.99. The van der Waals surface area contributed by atoms with E-state index in [1.54, 1.807) is 12.1 Å². The first-order chi connectivity index (χ1) is 11.9. The lowest BCUT2D eigenvalue weighted by Gasteiger charge is -2.38. The maximum atomic E-state index is 13.2. The number of halogens is 2. The van der Waals surface area contributed by atoms with Crippen LogP contribution in [0.5, 0.6) is 0 Å². The van der Waals surface area contributed by atoms with Gasteiger partial charge in [0.25, 0.3) is 5.91 Å². The van der Waals surface area contributed by atoms with Crippen molar-refractivity contribution in [1.29, 1.82) is 0 Å². The van der Waals surface area contributed by atoms with E-state index in [1.807, 2.05) is 29.8 Å². The lowest BCUT2D eigenvalue weighted by atomic mass is 9.94. The summed E-state index contributed by atoms with van der Waals surface area (Å²) in [5.74, 6) is -0.0290. The van der Waals surface area contributed by atoms with Gasteiger partial charge in [-0.25, -0.2) is 0 Å². The Kier molecular flexibility index (Phi) is 5.53. The Labute approximate surface area is 162 Å². The fourth-order valence-corrected chi connectivity index (χ4v) is 3.79. The molecule has 8 heteroatoms. The molecule has 0 spiro atoms. The van der Waals surface area contributed by atoms with Crippen molar-refractivity contribution in [3.63, 3.8) is 0 Å². The molecule has 0 aromatic heterocycles. The van der Waals surface area contributed by atoms with Crippen LogP contribution >= 0.6 is 35.4 Å². The van der Waals surface area contributed by atoms with Gasteiger partial charge >= 0.3 is 0 Å². The van der Waals surface area contributed by atoms with Crippen LogP contribution in [-0.2, 0) is 9.53 Å². The number of carbonyl (C=O) groups is 1. The maximum absolute atomic E-state index is 13.2. The number of benzene rings is 1. The molecule has 3 rings (SSSR count). The van der Waals surface area contributed by atoms with Crippen LogP contribution in [0.15, 0.2) is 29.5 Å². The zero-order valence-electron chi connectivity index (χ0n) is 14.0. The molecule has 0 unspecified atom stereocenters. The molecule has 0 aliphatic carbocycles. The summed E-state index contributed by atoms with van der Waals surface area (Å²) in [6.07, 6.45) is 0. The molecule has 134 valence electrons. The fourth-order valence-electron chi connectivity index (χ4n) is 3.02. The Hall–Kier alpha value is -1.34. The number of morpholine rings is 1. The van der Waals surface area contributed by atoms with Crippen molar-refractivity contribution in [2.75, 3.05) is 33.4 Å². The van der Waals surface area contributed by atoms with E-state index in [1.165, 1.54) is 0 Å². The number of allylic oxidation sites excluding steroid dienone is 1. The van der Waals surface area contributed by atoms with E-state index in [4.69, 9.17) is 40.2 Å². The number of rotatable bonds is 2. The third-order valence-corrected chi connectivity index (χ3v) is 5.51. The lowest BCUT2D eigenvalue weighted by Crippen LogP contribution is -2.50. The van der Waals surface area contributed by atoms with Crippen LogP contribution in [0, 0.1) is 0 Å². The smallest absolute Gasteiger partial charge is 0.254 e. The second-order valence-electron chi connectivity index (χ2n) is 6.01. The molecule has 25 heavy (non-hydrogen) atoms. The minimum Gasteiger partial charge on any atom is -0.378 e. The van der Waals surface area contributed by atoms with Gasteiger partial charge < -0.3 is 19.9 Å². The summed E-state index contributed by atoms with van der Waals surface area (Å²) in [5, 5.41) is 4.83. The number of carbonyl (C=O) groups excluding carboxylic acids is 1. The van der Waals surface area contributed by atoms with Crippen LogP contribution in [0.2, 0.25) is 10.0 Å². The van der Waals surface area contributed by atoms with Crippen LogP contribution in [0.25, 0.3) is 0 Å². The molecular weight excluding hydrogens is 381 g/mol. The van der Waals surface area contributed by atoms with Crippen molar-refractivity contribution in [3.8, 4) is 0 Å². The molecule has 1 aromatic rings. The summed E-state index contributed by atoms with van der Waals surface area (Å²) in [6, 6.07) is 4.85. The molecule has 0 saturated carbocycles. The predicted molar refractivity (Wildman–Crippen MR) is 103 cm³/mol. The third kappa shape index (κ3) is 3.62. The zero-order valence-corrected chi connectivity index (χ0v) is 16.3. The lowest BCUT2D eigenvalue weighted by molar-refractivity contribution is -0.131. The molecule has 1 N–H and O–H groups in total. The van der Waals surface area contributed by atoms with Gasteiger partial charge in [-0.15, -0.1) is 0 Å². The van der Waals surface area contributed by atoms with Crippen LogP contribution in [0.1, 0.15) is 18.5 Å². The average Bonchev–Trinajstić information content (AvgIpc) is 2.60. The SMILES string of the molecule is CC1=C(C(=O)N2CCOCC2)[C@@H](c2ccc(Cl)cc2Cl)NC(=S)N1C. The van der Waals surface area contributed by atoms with E-state index in [-0.39, 0.29) is 5.91 Å². The van der Waals surface area contributed by atoms with Crippen molar-refractivity contribution in [1.82, 2.24) is 15.1 Å². The van der Waals surface area contributed by atoms with Gasteiger partial charge in [0.15, 0.2) is 5.11 Å². The first-order valence-corrected chi connectivity index (χ1v) is 9.13. The molecule has 2 heterocycles. The Balaban J connectivity index is 2.05. The number of hydrogen-bond acceptors (Lipinski definition) is 3. The average molecular weight is 400 g/mol. The van der Waals surface area contributed by atoms with Crippen LogP contribution < -0.4 is 5.32 Å². The second-order valence-corrected chi connectivity index (χ2v) is 7.24. The van der Waals surface area contributed by atoms with E-state index in [0.717, 1.165) is 11.3 Å². The van der Waals surface area contributed by atoms with Crippen LogP contribution in [0.3, 0.4) is 0 Å². The monoisotopic (exact) mass is 399 g/mol. The highest BCUT2D eigenvalue weighted by Gasteiger charge is 2.36. The van der Waals surface area contributed by atoms with E-state index in [2.05, 4.69) is 5.32 Å². The minimum absolute atomic E-state index is 0.0290. The highest BCUT2D eigenvalue weighted by molar-refractivity contribution is 7.80. The van der Waals surface area contributed by atoms with Crippen molar-refractivity contribution in [2.24, 2.45) is 0 Å². The summed E-state index contributed by atoms with van der Waals surface area (Å²) in [5.41, 5.74) is 2.23. The molecule has 2 aliphatic heterocycles. The Morgan fingerprint density at radius 2 is 2.00 bits per heavy atom. The van der Waals surface area contributed by atoms with Gasteiger partial charge in [-0.1, -0.05) is 29.3 Å². The molecule has 1 saturated heterocycles. The highest BCUT2D eigenvalue weighted by Crippen LogP contribution is 2.35. The van der Waals surface area contributed by atoms with Crippen LogP contribution in [0.4, 0.5) is 0 Å². The number of nitrogens with one attached hydrogen (secondary N) is 1. The molecule has 1 atom stereocenters. The number of hydrogen-bond donors (Lipinski definition) is 1. The molecule has 2 aliphatic rings. The third-order valence-electron chi connectivity index (χ3n) is 4.56. The van der Waals surface area contributed by atoms with Crippen LogP contribution in [-0.4, -0.2) is 54.2 Å². The van der Waals surface area contributed by atoms with E-state index >= 15 is 0 Å². The van der Waals surface area contributed by atoms with E-state index < -0.39 is 6.04 Å². The van der Waals surface area contributed by atoms with Crippen molar-refractivity contribution < 1.29 is 9.53 Å². The van der Waals surface area contributed by atoms with Gasteiger partial charge in [0.2, 0.25) is 0 Å². The van der Waals surface area contributed by atoms with Gasteiger partial charge in [-0.2, -0.15) is 0 Å². The molecule has 5 nitrogen and oxygen atoms in total. The first kappa shape index (κ1) is 18.5.